The highest BCUT2D eigenvalue weighted by Gasteiger charge is 2.11. The Kier molecular flexibility index (Phi) is 7.92. The van der Waals surface area contributed by atoms with E-state index in [9.17, 15) is 9.59 Å². The summed E-state index contributed by atoms with van der Waals surface area (Å²) in [6, 6.07) is 5.67. The molecule has 1 saturated heterocycles. The maximum atomic E-state index is 12.0. The number of amides is 2. The standard InChI is InChI=1S/C20H27N5O3S/c1-15-10-17(24-28-15)23-20(27)14-29-13-19(26)22-12-16-6-7-18(21-11-16)25-8-4-2-3-5-9-25/h6-7,10-11H,2-5,8-9,12-14H2,1H3,(H,22,26)(H,23,24,27). The number of hydrogen-bond acceptors (Lipinski definition) is 7. The molecular weight excluding hydrogens is 390 g/mol. The van der Waals surface area contributed by atoms with Crippen molar-refractivity contribution in [1.82, 2.24) is 15.5 Å². The van der Waals surface area contributed by atoms with E-state index in [2.05, 4.69) is 25.7 Å². The van der Waals surface area contributed by atoms with E-state index in [4.69, 9.17) is 4.52 Å². The summed E-state index contributed by atoms with van der Waals surface area (Å²) < 4.78 is 4.89. The van der Waals surface area contributed by atoms with E-state index < -0.39 is 0 Å². The number of nitrogens with zero attached hydrogens (tertiary/aromatic N) is 3. The van der Waals surface area contributed by atoms with Gasteiger partial charge in [-0.3, -0.25) is 9.59 Å². The largest absolute Gasteiger partial charge is 0.360 e. The molecule has 2 aromatic heterocycles. The van der Waals surface area contributed by atoms with Crippen molar-refractivity contribution in [2.24, 2.45) is 0 Å². The van der Waals surface area contributed by atoms with Crippen molar-refractivity contribution in [3.63, 3.8) is 0 Å². The molecule has 0 radical (unpaired) electrons. The van der Waals surface area contributed by atoms with Gasteiger partial charge in [0.05, 0.1) is 11.5 Å². The molecule has 0 unspecified atom stereocenters. The van der Waals surface area contributed by atoms with E-state index in [0.717, 1.165) is 24.5 Å². The summed E-state index contributed by atoms with van der Waals surface area (Å²) in [5.74, 6) is 2.07. The average Bonchev–Trinajstić information content (AvgIpc) is 2.95. The molecule has 0 spiro atoms. The lowest BCUT2D eigenvalue weighted by Crippen LogP contribution is -2.26. The van der Waals surface area contributed by atoms with Gasteiger partial charge in [-0.1, -0.05) is 24.1 Å². The quantitative estimate of drug-likeness (QED) is 0.681. The fourth-order valence-electron chi connectivity index (χ4n) is 3.10. The molecule has 156 valence electrons. The highest BCUT2D eigenvalue weighted by molar-refractivity contribution is 8.00. The summed E-state index contributed by atoms with van der Waals surface area (Å²) in [5.41, 5.74) is 0.959. The molecule has 29 heavy (non-hydrogen) atoms. The van der Waals surface area contributed by atoms with Gasteiger partial charge in [-0.25, -0.2) is 4.98 Å². The van der Waals surface area contributed by atoms with Crippen molar-refractivity contribution < 1.29 is 14.1 Å². The number of aryl methyl sites for hydroxylation is 1. The predicted octanol–water partition coefficient (Wildman–Crippen LogP) is 2.75. The van der Waals surface area contributed by atoms with Crippen LogP contribution in [0.25, 0.3) is 0 Å². The highest BCUT2D eigenvalue weighted by atomic mass is 32.2. The third-order valence-electron chi connectivity index (χ3n) is 4.59. The number of pyridine rings is 1. The van der Waals surface area contributed by atoms with Gasteiger partial charge < -0.3 is 20.1 Å². The summed E-state index contributed by atoms with van der Waals surface area (Å²) in [7, 11) is 0. The number of hydrogen-bond donors (Lipinski definition) is 2. The number of aromatic nitrogens is 2. The first kappa shape index (κ1) is 21.2. The average molecular weight is 418 g/mol. The molecule has 8 nitrogen and oxygen atoms in total. The lowest BCUT2D eigenvalue weighted by Gasteiger charge is -2.21. The minimum Gasteiger partial charge on any atom is -0.360 e. The second kappa shape index (κ2) is 10.8. The van der Waals surface area contributed by atoms with Crippen molar-refractivity contribution in [1.29, 1.82) is 0 Å². The summed E-state index contributed by atoms with van der Waals surface area (Å²) in [4.78, 5) is 30.7. The molecule has 3 rings (SSSR count). The fraction of sp³-hybridized carbons (Fsp3) is 0.500. The number of carbonyl (C=O) groups is 2. The maximum Gasteiger partial charge on any atom is 0.235 e. The van der Waals surface area contributed by atoms with Crippen LogP contribution in [0.1, 0.15) is 37.0 Å². The molecule has 0 aliphatic carbocycles. The Bertz CT molecular complexity index is 801. The summed E-state index contributed by atoms with van der Waals surface area (Å²) in [5, 5.41) is 9.18. The van der Waals surface area contributed by atoms with Crippen LogP contribution in [0.5, 0.6) is 0 Å². The van der Waals surface area contributed by atoms with E-state index in [-0.39, 0.29) is 23.3 Å². The van der Waals surface area contributed by atoms with Crippen LogP contribution in [0.2, 0.25) is 0 Å². The van der Waals surface area contributed by atoms with Gasteiger partial charge in [0.2, 0.25) is 11.8 Å². The maximum absolute atomic E-state index is 12.0. The molecule has 0 aromatic carbocycles. The third-order valence-corrected chi connectivity index (χ3v) is 5.52. The number of carbonyl (C=O) groups excluding carboxylic acids is 2. The van der Waals surface area contributed by atoms with Crippen LogP contribution in [0, 0.1) is 6.92 Å². The van der Waals surface area contributed by atoms with Crippen LogP contribution >= 0.6 is 11.8 Å². The van der Waals surface area contributed by atoms with E-state index in [1.807, 2.05) is 18.3 Å². The molecule has 1 fully saturated rings. The van der Waals surface area contributed by atoms with Crippen molar-refractivity contribution >= 4 is 35.2 Å². The van der Waals surface area contributed by atoms with E-state index in [1.54, 1.807) is 13.0 Å². The van der Waals surface area contributed by atoms with Gasteiger partial charge in [-0.05, 0) is 31.4 Å². The number of thioether (sulfide) groups is 1. The van der Waals surface area contributed by atoms with E-state index in [1.165, 1.54) is 37.4 Å². The molecule has 2 amide bonds. The van der Waals surface area contributed by atoms with Crippen LogP contribution < -0.4 is 15.5 Å². The van der Waals surface area contributed by atoms with E-state index in [0.29, 0.717) is 18.1 Å². The van der Waals surface area contributed by atoms with Gasteiger partial charge in [-0.2, -0.15) is 0 Å². The van der Waals surface area contributed by atoms with Crippen LogP contribution in [-0.2, 0) is 16.1 Å². The Labute approximate surface area is 174 Å². The Balaban J connectivity index is 1.34. The van der Waals surface area contributed by atoms with Crippen molar-refractivity contribution in [3.8, 4) is 0 Å². The van der Waals surface area contributed by atoms with Crippen molar-refractivity contribution in [2.45, 2.75) is 39.2 Å². The summed E-state index contributed by atoms with van der Waals surface area (Å²) in [6.45, 7) is 4.30. The number of rotatable bonds is 8. The van der Waals surface area contributed by atoms with Gasteiger partial charge in [0.25, 0.3) is 0 Å². The molecule has 0 bridgehead atoms. The minimum atomic E-state index is -0.218. The minimum absolute atomic E-state index is 0.114. The predicted molar refractivity (Wildman–Crippen MR) is 114 cm³/mol. The zero-order chi connectivity index (χ0) is 20.5. The van der Waals surface area contributed by atoms with Crippen LogP contribution in [0.3, 0.4) is 0 Å². The monoisotopic (exact) mass is 417 g/mol. The smallest absolute Gasteiger partial charge is 0.235 e. The molecule has 1 aliphatic rings. The molecular formula is C20H27N5O3S. The zero-order valence-corrected chi connectivity index (χ0v) is 17.5. The Hall–Kier alpha value is -2.55. The third kappa shape index (κ3) is 7.08. The first-order valence-electron chi connectivity index (χ1n) is 9.87. The summed E-state index contributed by atoms with van der Waals surface area (Å²) in [6.07, 6.45) is 6.84. The normalized spacial score (nSPS) is 14.3. The first-order chi connectivity index (χ1) is 14.1. The molecule has 2 N–H and O–H groups in total. The second-order valence-electron chi connectivity index (χ2n) is 7.07. The van der Waals surface area contributed by atoms with Gasteiger partial charge >= 0.3 is 0 Å². The topological polar surface area (TPSA) is 100 Å². The van der Waals surface area contributed by atoms with E-state index >= 15 is 0 Å². The van der Waals surface area contributed by atoms with Crippen molar-refractivity contribution in [3.05, 3.63) is 35.7 Å². The Morgan fingerprint density at radius 3 is 2.55 bits per heavy atom. The second-order valence-corrected chi connectivity index (χ2v) is 8.05. The van der Waals surface area contributed by atoms with Gasteiger partial charge in [0, 0.05) is 31.9 Å². The number of anilines is 2. The van der Waals surface area contributed by atoms with Crippen LogP contribution in [0.15, 0.2) is 28.9 Å². The molecule has 2 aromatic rings. The first-order valence-corrected chi connectivity index (χ1v) is 11.0. The lowest BCUT2D eigenvalue weighted by atomic mass is 10.2. The molecule has 1 aliphatic heterocycles. The molecule has 3 heterocycles. The van der Waals surface area contributed by atoms with Gasteiger partial charge in [0.15, 0.2) is 5.82 Å². The fourth-order valence-corrected chi connectivity index (χ4v) is 3.75. The Morgan fingerprint density at radius 2 is 1.90 bits per heavy atom. The molecule has 0 atom stereocenters. The molecule has 0 saturated carbocycles. The Morgan fingerprint density at radius 1 is 1.14 bits per heavy atom. The van der Waals surface area contributed by atoms with Crippen LogP contribution in [-0.4, -0.2) is 46.6 Å². The highest BCUT2D eigenvalue weighted by Crippen LogP contribution is 2.17. The van der Waals surface area contributed by atoms with Gasteiger partial charge in [0.1, 0.15) is 11.6 Å². The van der Waals surface area contributed by atoms with Crippen molar-refractivity contribution in [2.75, 3.05) is 34.8 Å². The SMILES string of the molecule is Cc1cc(NC(=O)CSCC(=O)NCc2ccc(N3CCCCCC3)nc2)no1. The summed E-state index contributed by atoms with van der Waals surface area (Å²) >= 11 is 1.25. The lowest BCUT2D eigenvalue weighted by molar-refractivity contribution is -0.118. The van der Waals surface area contributed by atoms with Gasteiger partial charge in [-0.15, -0.1) is 11.8 Å². The number of nitrogens with one attached hydrogen (secondary N) is 2. The van der Waals surface area contributed by atoms with Crippen LogP contribution in [0.4, 0.5) is 11.6 Å². The molecule has 9 heteroatoms. The zero-order valence-electron chi connectivity index (χ0n) is 16.6.